The molecule has 0 fully saturated rings. The smallest absolute Gasteiger partial charge is 0.0595 e. The van der Waals surface area contributed by atoms with Gasteiger partial charge in [0.05, 0.1) is 11.7 Å². The highest BCUT2D eigenvalue weighted by molar-refractivity contribution is 4.71. The monoisotopic (exact) mass is 146 g/mol. The van der Waals surface area contributed by atoms with Gasteiger partial charge in [0.25, 0.3) is 0 Å². The highest BCUT2D eigenvalue weighted by atomic mass is 16.3. The van der Waals surface area contributed by atoms with Gasteiger partial charge in [-0.3, -0.25) is 0 Å². The first-order valence-corrected chi connectivity index (χ1v) is 3.73. The molecule has 0 radical (unpaired) electrons. The van der Waals surface area contributed by atoms with E-state index in [4.69, 9.17) is 5.11 Å². The van der Waals surface area contributed by atoms with Crippen molar-refractivity contribution in [2.24, 2.45) is 5.92 Å². The molecule has 2 unspecified atom stereocenters. The maximum atomic E-state index is 9.33. The van der Waals surface area contributed by atoms with Crippen LogP contribution in [0.25, 0.3) is 0 Å². The Hall–Kier alpha value is -0.0800. The van der Waals surface area contributed by atoms with Crippen molar-refractivity contribution in [3.8, 4) is 0 Å². The predicted octanol–water partition coefficient (Wildman–Crippen LogP) is 1.16. The zero-order chi connectivity index (χ0) is 8.36. The van der Waals surface area contributed by atoms with Crippen LogP contribution in [0.5, 0.6) is 0 Å². The van der Waals surface area contributed by atoms with Gasteiger partial charge in [0.15, 0.2) is 0 Å². The van der Waals surface area contributed by atoms with Crippen molar-refractivity contribution in [3.05, 3.63) is 0 Å². The molecule has 0 aromatic carbocycles. The van der Waals surface area contributed by atoms with Gasteiger partial charge in [0.2, 0.25) is 0 Å². The zero-order valence-corrected chi connectivity index (χ0v) is 7.26. The standard InChI is InChI=1S/C8H18O2/c1-6(7(2)9)5-8(3,4)10/h6-7,9-10H,5H2,1-4H3. The van der Waals surface area contributed by atoms with Crippen LogP contribution in [0.3, 0.4) is 0 Å². The Balaban J connectivity index is 3.68. The number of aliphatic hydroxyl groups is 2. The third-order valence-corrected chi connectivity index (χ3v) is 1.65. The molecule has 2 nitrogen and oxygen atoms in total. The van der Waals surface area contributed by atoms with Crippen LogP contribution in [0.1, 0.15) is 34.1 Å². The topological polar surface area (TPSA) is 40.5 Å². The lowest BCUT2D eigenvalue weighted by atomic mass is 9.92. The highest BCUT2D eigenvalue weighted by Crippen LogP contribution is 2.17. The van der Waals surface area contributed by atoms with E-state index < -0.39 is 5.60 Å². The minimum Gasteiger partial charge on any atom is -0.393 e. The molecule has 0 aromatic rings. The largest absolute Gasteiger partial charge is 0.393 e. The molecule has 0 spiro atoms. The molecule has 0 saturated heterocycles. The Morgan fingerprint density at radius 2 is 1.70 bits per heavy atom. The lowest BCUT2D eigenvalue weighted by Crippen LogP contribution is -2.26. The summed E-state index contributed by atoms with van der Waals surface area (Å²) in [6, 6.07) is 0. The van der Waals surface area contributed by atoms with Gasteiger partial charge in [0.1, 0.15) is 0 Å². The van der Waals surface area contributed by atoms with Gasteiger partial charge >= 0.3 is 0 Å². The average molecular weight is 146 g/mol. The van der Waals surface area contributed by atoms with Gasteiger partial charge in [-0.25, -0.2) is 0 Å². The summed E-state index contributed by atoms with van der Waals surface area (Å²) in [6.45, 7) is 7.19. The molecule has 0 rings (SSSR count). The van der Waals surface area contributed by atoms with Crippen LogP contribution in [-0.2, 0) is 0 Å². The van der Waals surface area contributed by atoms with Crippen LogP contribution in [0.15, 0.2) is 0 Å². The summed E-state index contributed by atoms with van der Waals surface area (Å²) >= 11 is 0. The van der Waals surface area contributed by atoms with E-state index in [1.54, 1.807) is 20.8 Å². The molecule has 62 valence electrons. The van der Waals surface area contributed by atoms with Crippen LogP contribution in [0, 0.1) is 5.92 Å². The van der Waals surface area contributed by atoms with Crippen LogP contribution >= 0.6 is 0 Å². The van der Waals surface area contributed by atoms with Gasteiger partial charge in [0, 0.05) is 0 Å². The van der Waals surface area contributed by atoms with E-state index in [2.05, 4.69) is 0 Å². The second kappa shape index (κ2) is 3.35. The molecule has 0 bridgehead atoms. The van der Waals surface area contributed by atoms with E-state index in [1.165, 1.54) is 0 Å². The Morgan fingerprint density at radius 3 is 1.80 bits per heavy atom. The molecule has 2 atom stereocenters. The Morgan fingerprint density at radius 1 is 1.30 bits per heavy atom. The van der Waals surface area contributed by atoms with Crippen LogP contribution < -0.4 is 0 Å². The van der Waals surface area contributed by atoms with E-state index >= 15 is 0 Å². The maximum absolute atomic E-state index is 9.33. The third-order valence-electron chi connectivity index (χ3n) is 1.65. The summed E-state index contributed by atoms with van der Waals surface area (Å²) in [4.78, 5) is 0. The fourth-order valence-corrected chi connectivity index (χ4v) is 0.958. The fraction of sp³-hybridized carbons (Fsp3) is 1.00. The average Bonchev–Trinajstić information content (AvgIpc) is 1.60. The lowest BCUT2D eigenvalue weighted by Gasteiger charge is -2.23. The molecule has 0 aromatic heterocycles. The first-order chi connectivity index (χ1) is 4.33. The van der Waals surface area contributed by atoms with E-state index in [9.17, 15) is 5.11 Å². The Labute approximate surface area is 62.9 Å². The molecule has 2 heteroatoms. The van der Waals surface area contributed by atoms with Gasteiger partial charge in [-0.05, 0) is 33.1 Å². The Kier molecular flexibility index (Phi) is 3.33. The summed E-state index contributed by atoms with van der Waals surface area (Å²) in [7, 11) is 0. The quantitative estimate of drug-likeness (QED) is 0.627. The lowest BCUT2D eigenvalue weighted by molar-refractivity contribution is 0.0244. The first kappa shape index (κ1) is 9.92. The maximum Gasteiger partial charge on any atom is 0.0595 e. The summed E-state index contributed by atoms with van der Waals surface area (Å²) in [5.41, 5.74) is -0.656. The minimum absolute atomic E-state index is 0.167. The first-order valence-electron chi connectivity index (χ1n) is 3.73. The molecule has 0 aliphatic rings. The van der Waals surface area contributed by atoms with E-state index in [0.717, 1.165) is 0 Å². The van der Waals surface area contributed by atoms with Crippen LogP contribution in [0.2, 0.25) is 0 Å². The number of hydrogen-bond acceptors (Lipinski definition) is 2. The van der Waals surface area contributed by atoms with Crippen molar-refractivity contribution < 1.29 is 10.2 Å². The predicted molar refractivity (Wildman–Crippen MR) is 41.8 cm³/mol. The third kappa shape index (κ3) is 4.77. The minimum atomic E-state index is -0.656. The number of aliphatic hydroxyl groups excluding tert-OH is 1. The summed E-state index contributed by atoms with van der Waals surface area (Å²) in [6.07, 6.45) is 0.316. The molecule has 0 aliphatic heterocycles. The Bertz CT molecular complexity index is 91.9. The van der Waals surface area contributed by atoms with Crippen LogP contribution in [-0.4, -0.2) is 21.9 Å². The molecule has 10 heavy (non-hydrogen) atoms. The molecular formula is C8H18O2. The van der Waals surface area contributed by atoms with Crippen molar-refractivity contribution in [2.75, 3.05) is 0 Å². The van der Waals surface area contributed by atoms with E-state index in [-0.39, 0.29) is 12.0 Å². The van der Waals surface area contributed by atoms with Crippen LogP contribution in [0.4, 0.5) is 0 Å². The zero-order valence-electron chi connectivity index (χ0n) is 7.26. The van der Waals surface area contributed by atoms with E-state index in [0.29, 0.717) is 6.42 Å². The molecule has 2 N–H and O–H groups in total. The van der Waals surface area contributed by atoms with Gasteiger partial charge in [-0.2, -0.15) is 0 Å². The van der Waals surface area contributed by atoms with Gasteiger partial charge < -0.3 is 10.2 Å². The normalized spacial score (nSPS) is 18.6. The van der Waals surface area contributed by atoms with Gasteiger partial charge in [-0.15, -0.1) is 0 Å². The highest BCUT2D eigenvalue weighted by Gasteiger charge is 2.19. The van der Waals surface area contributed by atoms with Crippen molar-refractivity contribution in [2.45, 2.75) is 45.8 Å². The van der Waals surface area contributed by atoms with Crippen molar-refractivity contribution in [1.29, 1.82) is 0 Å². The number of rotatable bonds is 3. The summed E-state index contributed by atoms with van der Waals surface area (Å²) in [5, 5.41) is 18.4. The molecule has 0 amide bonds. The SMILES string of the molecule is CC(O)C(C)CC(C)(C)O. The molecular weight excluding hydrogens is 128 g/mol. The van der Waals surface area contributed by atoms with Crippen molar-refractivity contribution in [1.82, 2.24) is 0 Å². The van der Waals surface area contributed by atoms with E-state index in [1.807, 2.05) is 6.92 Å². The number of hydrogen-bond donors (Lipinski definition) is 2. The summed E-state index contributed by atoms with van der Waals surface area (Å²) in [5.74, 6) is 0.167. The second-order valence-corrected chi connectivity index (χ2v) is 3.73. The molecule has 0 saturated carbocycles. The fourth-order valence-electron chi connectivity index (χ4n) is 0.958. The second-order valence-electron chi connectivity index (χ2n) is 3.73. The van der Waals surface area contributed by atoms with Crippen molar-refractivity contribution in [3.63, 3.8) is 0 Å². The van der Waals surface area contributed by atoms with Crippen molar-refractivity contribution >= 4 is 0 Å². The summed E-state index contributed by atoms with van der Waals surface area (Å²) < 4.78 is 0. The molecule has 0 heterocycles. The molecule has 0 aliphatic carbocycles. The van der Waals surface area contributed by atoms with Gasteiger partial charge in [-0.1, -0.05) is 6.92 Å².